The third-order valence-electron chi connectivity index (χ3n) is 3.83. The Hall–Kier alpha value is -2.47. The minimum atomic E-state index is -1.46. The summed E-state index contributed by atoms with van der Waals surface area (Å²) in [5, 5.41) is 5.56. The minimum absolute atomic E-state index is 0.0590. The van der Waals surface area contributed by atoms with E-state index in [0.29, 0.717) is 16.3 Å². The molecule has 0 aliphatic rings. The summed E-state index contributed by atoms with van der Waals surface area (Å²) < 4.78 is 26.2. The second kappa shape index (κ2) is 7.19. The van der Waals surface area contributed by atoms with E-state index in [1.54, 1.807) is 25.1 Å². The highest BCUT2D eigenvalue weighted by molar-refractivity contribution is 6.31. The van der Waals surface area contributed by atoms with Crippen LogP contribution in [0.2, 0.25) is 5.02 Å². The molecule has 0 saturated heterocycles. The zero-order valence-corrected chi connectivity index (χ0v) is 14.7. The number of nitrogens with one attached hydrogen (secondary N) is 2. The molecule has 0 spiro atoms. The molecule has 0 bridgehead atoms. The van der Waals surface area contributed by atoms with Crippen LogP contribution in [-0.4, -0.2) is 11.8 Å². The molecule has 2 aromatic rings. The number of amides is 2. The van der Waals surface area contributed by atoms with Crippen LogP contribution >= 0.6 is 11.6 Å². The smallest absolute Gasteiger partial charge is 0.239 e. The van der Waals surface area contributed by atoms with Crippen molar-refractivity contribution in [1.82, 2.24) is 0 Å². The lowest BCUT2D eigenvalue weighted by molar-refractivity contribution is -0.135. The average molecular weight is 367 g/mol. The van der Waals surface area contributed by atoms with Gasteiger partial charge in [-0.3, -0.25) is 9.59 Å². The van der Waals surface area contributed by atoms with Crippen LogP contribution in [-0.2, 0) is 9.59 Å². The van der Waals surface area contributed by atoms with E-state index in [0.717, 1.165) is 12.1 Å². The maximum atomic E-state index is 13.2. The van der Waals surface area contributed by atoms with Crippen LogP contribution in [0.5, 0.6) is 0 Å². The number of hydrogen-bond acceptors (Lipinski definition) is 2. The summed E-state index contributed by atoms with van der Waals surface area (Å²) >= 11 is 6.01. The predicted molar refractivity (Wildman–Crippen MR) is 93.6 cm³/mol. The van der Waals surface area contributed by atoms with E-state index in [2.05, 4.69) is 10.6 Å². The van der Waals surface area contributed by atoms with Gasteiger partial charge in [-0.05, 0) is 50.6 Å². The normalized spacial score (nSPS) is 11.1. The van der Waals surface area contributed by atoms with E-state index < -0.39 is 28.9 Å². The molecule has 2 aromatic carbocycles. The summed E-state index contributed by atoms with van der Waals surface area (Å²) in [5.41, 5.74) is -0.233. The molecular weight excluding hydrogens is 350 g/mol. The molecule has 2 amide bonds. The summed E-state index contributed by atoms with van der Waals surface area (Å²) in [7, 11) is 0. The first kappa shape index (κ1) is 18.9. The second-order valence-corrected chi connectivity index (χ2v) is 6.48. The van der Waals surface area contributed by atoms with Crippen molar-refractivity contribution in [1.29, 1.82) is 0 Å². The van der Waals surface area contributed by atoms with Crippen LogP contribution in [0, 0.1) is 24.0 Å². The van der Waals surface area contributed by atoms with Gasteiger partial charge in [0.2, 0.25) is 11.8 Å². The quantitative estimate of drug-likeness (QED) is 0.781. The maximum absolute atomic E-state index is 13.2. The SMILES string of the molecule is Cc1c(Cl)cccc1NC(=O)C(C)(C)C(=O)Nc1ccc(F)c(F)c1. The minimum Gasteiger partial charge on any atom is -0.325 e. The highest BCUT2D eigenvalue weighted by Crippen LogP contribution is 2.26. The van der Waals surface area contributed by atoms with Crippen LogP contribution in [0.3, 0.4) is 0 Å². The Balaban J connectivity index is 2.15. The fourth-order valence-corrected chi connectivity index (χ4v) is 2.16. The number of anilines is 2. The number of benzene rings is 2. The van der Waals surface area contributed by atoms with Gasteiger partial charge < -0.3 is 10.6 Å². The van der Waals surface area contributed by atoms with Gasteiger partial charge in [-0.1, -0.05) is 17.7 Å². The Bertz CT molecular complexity index is 838. The van der Waals surface area contributed by atoms with Crippen LogP contribution in [0.25, 0.3) is 0 Å². The van der Waals surface area contributed by atoms with E-state index in [-0.39, 0.29) is 5.69 Å². The lowest BCUT2D eigenvalue weighted by Gasteiger charge is -2.23. The van der Waals surface area contributed by atoms with Gasteiger partial charge in [-0.25, -0.2) is 8.78 Å². The molecule has 2 N–H and O–H groups in total. The van der Waals surface area contributed by atoms with E-state index in [1.165, 1.54) is 19.9 Å². The van der Waals surface area contributed by atoms with Crippen molar-refractivity contribution in [3.63, 3.8) is 0 Å². The molecule has 0 fully saturated rings. The molecule has 0 saturated carbocycles. The van der Waals surface area contributed by atoms with Crippen molar-refractivity contribution < 1.29 is 18.4 Å². The molecule has 7 heteroatoms. The van der Waals surface area contributed by atoms with E-state index in [1.807, 2.05) is 0 Å². The second-order valence-electron chi connectivity index (χ2n) is 6.07. The first-order chi connectivity index (χ1) is 11.6. The molecule has 0 aliphatic carbocycles. The number of carbonyl (C=O) groups is 2. The summed E-state index contributed by atoms with van der Waals surface area (Å²) in [6.07, 6.45) is 0. The average Bonchev–Trinajstić information content (AvgIpc) is 2.55. The number of halogens is 3. The Morgan fingerprint density at radius 1 is 1.00 bits per heavy atom. The summed E-state index contributed by atoms with van der Waals surface area (Å²) in [6.45, 7) is 4.60. The fourth-order valence-electron chi connectivity index (χ4n) is 1.99. The third kappa shape index (κ3) is 4.14. The highest BCUT2D eigenvalue weighted by atomic mass is 35.5. The standard InChI is InChI=1S/C18H17ClF2N2O2/c1-10-12(19)5-4-6-15(10)23-17(25)18(2,3)16(24)22-11-7-8-13(20)14(21)9-11/h4-9H,1-3H3,(H,22,24)(H,23,25). The number of rotatable bonds is 4. The zero-order valence-electron chi connectivity index (χ0n) is 13.9. The van der Waals surface area contributed by atoms with Crippen LogP contribution in [0.4, 0.5) is 20.2 Å². The topological polar surface area (TPSA) is 58.2 Å². The van der Waals surface area contributed by atoms with Crippen molar-refractivity contribution in [3.8, 4) is 0 Å². The van der Waals surface area contributed by atoms with Crippen LogP contribution < -0.4 is 10.6 Å². The maximum Gasteiger partial charge on any atom is 0.239 e. The first-order valence-electron chi connectivity index (χ1n) is 7.46. The number of carbonyl (C=O) groups excluding carboxylic acids is 2. The first-order valence-corrected chi connectivity index (χ1v) is 7.84. The monoisotopic (exact) mass is 366 g/mol. The van der Waals surface area contributed by atoms with E-state index in [9.17, 15) is 18.4 Å². The van der Waals surface area contributed by atoms with E-state index >= 15 is 0 Å². The Morgan fingerprint density at radius 2 is 1.64 bits per heavy atom. The third-order valence-corrected chi connectivity index (χ3v) is 4.24. The van der Waals surface area contributed by atoms with Gasteiger partial charge >= 0.3 is 0 Å². The fraction of sp³-hybridized carbons (Fsp3) is 0.222. The van der Waals surface area contributed by atoms with Crippen molar-refractivity contribution >= 4 is 34.8 Å². The van der Waals surface area contributed by atoms with Crippen molar-refractivity contribution in [2.45, 2.75) is 20.8 Å². The Kier molecular flexibility index (Phi) is 5.42. The molecule has 0 atom stereocenters. The lowest BCUT2D eigenvalue weighted by atomic mass is 9.90. The molecule has 2 rings (SSSR count). The van der Waals surface area contributed by atoms with Gasteiger partial charge in [0.25, 0.3) is 0 Å². The molecule has 0 unspecified atom stereocenters. The Labute approximate surface area is 149 Å². The molecule has 4 nitrogen and oxygen atoms in total. The predicted octanol–water partition coefficient (Wildman–Crippen LogP) is 4.53. The van der Waals surface area contributed by atoms with Gasteiger partial charge in [-0.2, -0.15) is 0 Å². The van der Waals surface area contributed by atoms with Gasteiger partial charge in [0, 0.05) is 22.5 Å². The van der Waals surface area contributed by atoms with Crippen LogP contribution in [0.1, 0.15) is 19.4 Å². The summed E-state index contributed by atoms with van der Waals surface area (Å²) in [6, 6.07) is 8.00. The highest BCUT2D eigenvalue weighted by Gasteiger charge is 2.36. The molecule has 0 heterocycles. The largest absolute Gasteiger partial charge is 0.325 e. The van der Waals surface area contributed by atoms with Gasteiger partial charge in [0.15, 0.2) is 11.6 Å². The van der Waals surface area contributed by atoms with E-state index in [4.69, 9.17) is 11.6 Å². The summed E-state index contributed by atoms with van der Waals surface area (Å²) in [5.74, 6) is -3.32. The summed E-state index contributed by atoms with van der Waals surface area (Å²) in [4.78, 5) is 24.9. The molecule has 0 radical (unpaired) electrons. The van der Waals surface area contributed by atoms with Crippen molar-refractivity contribution in [3.05, 3.63) is 58.6 Å². The van der Waals surface area contributed by atoms with Gasteiger partial charge in [0.05, 0.1) is 0 Å². The van der Waals surface area contributed by atoms with Gasteiger partial charge in [-0.15, -0.1) is 0 Å². The molecule has 132 valence electrons. The van der Waals surface area contributed by atoms with Crippen molar-refractivity contribution in [2.24, 2.45) is 5.41 Å². The Morgan fingerprint density at radius 3 is 2.28 bits per heavy atom. The molecular formula is C18H17ClF2N2O2. The molecule has 0 aromatic heterocycles. The zero-order chi connectivity index (χ0) is 18.8. The number of hydrogen-bond donors (Lipinski definition) is 2. The van der Waals surface area contributed by atoms with Crippen LogP contribution in [0.15, 0.2) is 36.4 Å². The van der Waals surface area contributed by atoms with Gasteiger partial charge in [0.1, 0.15) is 5.41 Å². The van der Waals surface area contributed by atoms with Crippen molar-refractivity contribution in [2.75, 3.05) is 10.6 Å². The molecule has 0 aliphatic heterocycles. The molecule has 25 heavy (non-hydrogen) atoms. The lowest BCUT2D eigenvalue weighted by Crippen LogP contribution is -2.41.